The molecular formula is C25H21Cl2NO3. The normalized spacial score (nSPS) is 11.1. The molecule has 31 heavy (non-hydrogen) atoms. The van der Waals surface area contributed by atoms with Crippen LogP contribution in [0, 0.1) is 0 Å². The number of hydrogen-bond acceptors (Lipinski definition) is 2. The molecule has 4 rings (SSSR count). The van der Waals surface area contributed by atoms with Gasteiger partial charge >= 0.3 is 5.97 Å². The zero-order valence-corrected chi connectivity index (χ0v) is 18.5. The Morgan fingerprint density at radius 3 is 2.39 bits per heavy atom. The number of hydrogen-bond donors (Lipinski definition) is 1. The van der Waals surface area contributed by atoms with Crippen molar-refractivity contribution in [2.45, 2.75) is 19.4 Å². The molecule has 0 saturated heterocycles. The molecule has 1 heterocycles. The molecule has 1 N–H and O–H groups in total. The summed E-state index contributed by atoms with van der Waals surface area (Å²) in [5.41, 5.74) is 4.67. The second kappa shape index (κ2) is 9.04. The molecule has 4 aromatic rings. The predicted octanol–water partition coefficient (Wildman–Crippen LogP) is 6.75. The molecule has 0 atom stereocenters. The van der Waals surface area contributed by atoms with Crippen LogP contribution in [0.25, 0.3) is 22.0 Å². The van der Waals surface area contributed by atoms with Gasteiger partial charge < -0.3 is 14.4 Å². The van der Waals surface area contributed by atoms with Gasteiger partial charge in [0.15, 0.2) is 0 Å². The smallest absolute Gasteiger partial charge is 0.303 e. The van der Waals surface area contributed by atoms with Crippen LogP contribution in [0.2, 0.25) is 10.0 Å². The van der Waals surface area contributed by atoms with Crippen molar-refractivity contribution < 1.29 is 14.6 Å². The molecule has 0 bridgehead atoms. The highest BCUT2D eigenvalue weighted by Gasteiger charge is 2.12. The zero-order valence-electron chi connectivity index (χ0n) is 16.9. The Morgan fingerprint density at radius 2 is 1.71 bits per heavy atom. The number of aliphatic carboxylic acids is 1. The first-order valence-electron chi connectivity index (χ1n) is 9.88. The maximum atomic E-state index is 10.9. The van der Waals surface area contributed by atoms with Gasteiger partial charge in [-0.15, -0.1) is 0 Å². The van der Waals surface area contributed by atoms with E-state index in [2.05, 4.69) is 0 Å². The Balaban J connectivity index is 1.52. The summed E-state index contributed by atoms with van der Waals surface area (Å²) in [5, 5.41) is 11.1. The monoisotopic (exact) mass is 453 g/mol. The molecule has 0 amide bonds. The quantitative estimate of drug-likeness (QED) is 0.336. The van der Waals surface area contributed by atoms with Crippen LogP contribution in [0.1, 0.15) is 17.7 Å². The lowest BCUT2D eigenvalue weighted by atomic mass is 10.0. The number of nitrogens with zero attached hydrogens (tertiary/aromatic N) is 1. The van der Waals surface area contributed by atoms with Gasteiger partial charge in [-0.2, -0.15) is 0 Å². The number of aromatic nitrogens is 1. The van der Waals surface area contributed by atoms with E-state index in [4.69, 9.17) is 33.0 Å². The number of carboxylic acid groups (broad SMARTS) is 1. The number of aryl methyl sites for hydroxylation is 2. The van der Waals surface area contributed by atoms with E-state index >= 15 is 0 Å². The Hall–Kier alpha value is -2.95. The third-order valence-corrected chi connectivity index (χ3v) is 5.87. The number of carbonyl (C=O) groups is 1. The van der Waals surface area contributed by atoms with Gasteiger partial charge in [0.05, 0.1) is 16.5 Å². The number of fused-ring (bicyclic) bond motifs is 1. The molecule has 0 spiro atoms. The lowest BCUT2D eigenvalue weighted by molar-refractivity contribution is -0.136. The summed E-state index contributed by atoms with van der Waals surface area (Å²) in [6, 6.07) is 21.4. The van der Waals surface area contributed by atoms with Crippen molar-refractivity contribution >= 4 is 40.1 Å². The zero-order chi connectivity index (χ0) is 22.0. The minimum absolute atomic E-state index is 0.105. The van der Waals surface area contributed by atoms with Gasteiger partial charge in [-0.05, 0) is 53.9 Å². The van der Waals surface area contributed by atoms with Crippen molar-refractivity contribution in [2.24, 2.45) is 7.05 Å². The average Bonchev–Trinajstić information content (AvgIpc) is 3.06. The molecule has 0 saturated carbocycles. The Labute approximate surface area is 190 Å². The highest BCUT2D eigenvalue weighted by molar-refractivity contribution is 6.39. The van der Waals surface area contributed by atoms with E-state index in [1.54, 1.807) is 0 Å². The second-order valence-electron chi connectivity index (χ2n) is 7.40. The highest BCUT2D eigenvalue weighted by Crippen LogP contribution is 2.36. The van der Waals surface area contributed by atoms with Gasteiger partial charge in [0.1, 0.15) is 12.4 Å². The Bertz CT molecular complexity index is 1230. The van der Waals surface area contributed by atoms with Crippen molar-refractivity contribution in [1.29, 1.82) is 0 Å². The predicted molar refractivity (Wildman–Crippen MR) is 125 cm³/mol. The van der Waals surface area contributed by atoms with E-state index in [1.807, 2.05) is 78.3 Å². The summed E-state index contributed by atoms with van der Waals surface area (Å²) in [6.07, 6.45) is 0.593. The molecule has 0 aliphatic heterocycles. The van der Waals surface area contributed by atoms with Gasteiger partial charge in [0, 0.05) is 29.2 Å². The summed E-state index contributed by atoms with van der Waals surface area (Å²) in [4.78, 5) is 10.9. The number of carboxylic acids is 1. The molecule has 0 aliphatic rings. The maximum Gasteiger partial charge on any atom is 0.303 e. The van der Waals surface area contributed by atoms with Crippen molar-refractivity contribution in [3.05, 3.63) is 88.0 Å². The first-order chi connectivity index (χ1) is 14.9. The minimum atomic E-state index is -0.801. The Morgan fingerprint density at radius 1 is 1.00 bits per heavy atom. The topological polar surface area (TPSA) is 51.5 Å². The Kier molecular flexibility index (Phi) is 6.21. The van der Waals surface area contributed by atoms with Crippen molar-refractivity contribution in [3.8, 4) is 16.9 Å². The van der Waals surface area contributed by atoms with Crippen molar-refractivity contribution in [3.63, 3.8) is 0 Å². The van der Waals surface area contributed by atoms with E-state index in [-0.39, 0.29) is 6.42 Å². The number of benzene rings is 3. The van der Waals surface area contributed by atoms with E-state index in [1.165, 1.54) is 0 Å². The molecule has 6 heteroatoms. The van der Waals surface area contributed by atoms with Crippen molar-refractivity contribution in [2.75, 3.05) is 0 Å². The third-order valence-electron chi connectivity index (χ3n) is 5.28. The fraction of sp³-hybridized carbons (Fsp3) is 0.160. The van der Waals surface area contributed by atoms with Crippen LogP contribution in [0.3, 0.4) is 0 Å². The van der Waals surface area contributed by atoms with Crippen LogP contribution in [0.4, 0.5) is 0 Å². The third kappa shape index (κ3) is 4.71. The largest absolute Gasteiger partial charge is 0.489 e. The van der Waals surface area contributed by atoms with Gasteiger partial charge in [-0.3, -0.25) is 4.79 Å². The lowest BCUT2D eigenvalue weighted by Gasteiger charge is -2.12. The average molecular weight is 454 g/mol. The SMILES string of the molecule is Cn1c(CCC(=O)O)cc2cc(OCc3cc(Cl)c(-c4ccccc4)c(Cl)c3)ccc21. The summed E-state index contributed by atoms with van der Waals surface area (Å²) in [6.45, 7) is 0.332. The fourth-order valence-corrected chi connectivity index (χ4v) is 4.46. The van der Waals surface area contributed by atoms with Crippen LogP contribution >= 0.6 is 23.2 Å². The van der Waals surface area contributed by atoms with Crippen molar-refractivity contribution in [1.82, 2.24) is 4.57 Å². The lowest BCUT2D eigenvalue weighted by Crippen LogP contribution is -2.01. The molecule has 0 fully saturated rings. The maximum absolute atomic E-state index is 10.9. The van der Waals surface area contributed by atoms with Gasteiger partial charge in [0.2, 0.25) is 0 Å². The highest BCUT2D eigenvalue weighted by atomic mass is 35.5. The second-order valence-corrected chi connectivity index (χ2v) is 8.21. The molecule has 4 nitrogen and oxygen atoms in total. The first kappa shape index (κ1) is 21.3. The molecule has 0 unspecified atom stereocenters. The van der Waals surface area contributed by atoms with Crippen LogP contribution in [-0.4, -0.2) is 15.6 Å². The molecular weight excluding hydrogens is 433 g/mol. The van der Waals surface area contributed by atoms with Gasteiger partial charge in [0.25, 0.3) is 0 Å². The first-order valence-corrected chi connectivity index (χ1v) is 10.6. The van der Waals surface area contributed by atoms with E-state index in [9.17, 15) is 4.79 Å². The summed E-state index contributed by atoms with van der Waals surface area (Å²) >= 11 is 13.0. The molecule has 0 aliphatic carbocycles. The summed E-state index contributed by atoms with van der Waals surface area (Å²) in [7, 11) is 1.94. The molecule has 3 aromatic carbocycles. The summed E-state index contributed by atoms with van der Waals surface area (Å²) < 4.78 is 8.00. The van der Waals surface area contributed by atoms with E-state index in [0.717, 1.165) is 39.0 Å². The minimum Gasteiger partial charge on any atom is -0.489 e. The molecule has 0 radical (unpaired) electrons. The van der Waals surface area contributed by atoms with E-state index < -0.39 is 5.97 Å². The summed E-state index contributed by atoms with van der Waals surface area (Å²) in [5.74, 6) is -0.0767. The van der Waals surface area contributed by atoms with Crippen LogP contribution in [-0.2, 0) is 24.9 Å². The van der Waals surface area contributed by atoms with Crippen LogP contribution in [0.5, 0.6) is 5.75 Å². The standard InChI is InChI=1S/C25H21Cl2NO3/c1-28-19(7-10-24(29)30)13-18-14-20(8-9-23(18)28)31-15-16-11-21(26)25(22(27)12-16)17-5-3-2-4-6-17/h2-6,8-9,11-14H,7,10,15H2,1H3,(H,29,30). The van der Waals surface area contributed by atoms with Crippen LogP contribution < -0.4 is 4.74 Å². The van der Waals surface area contributed by atoms with Gasteiger partial charge in [-0.1, -0.05) is 53.5 Å². The number of halogens is 2. The number of rotatable bonds is 7. The fourth-order valence-electron chi connectivity index (χ4n) is 3.71. The number of ether oxygens (including phenoxy) is 1. The van der Waals surface area contributed by atoms with Crippen LogP contribution in [0.15, 0.2) is 66.7 Å². The molecule has 158 valence electrons. The van der Waals surface area contributed by atoms with E-state index in [0.29, 0.717) is 23.1 Å². The molecule has 1 aromatic heterocycles. The van der Waals surface area contributed by atoms with Gasteiger partial charge in [-0.25, -0.2) is 0 Å².